The number of nitrogens with two attached hydrogens (primary N) is 1. The van der Waals surface area contributed by atoms with Gasteiger partial charge in [0.05, 0.1) is 23.7 Å². The highest BCUT2D eigenvalue weighted by Crippen LogP contribution is 2.64. The van der Waals surface area contributed by atoms with Gasteiger partial charge in [0.1, 0.15) is 41.5 Å². The Bertz CT molecular complexity index is 1470. The third-order valence-corrected chi connectivity index (χ3v) is 11.1. The molecule has 3 heterocycles. The molecule has 212 valence electrons. The van der Waals surface area contributed by atoms with E-state index in [2.05, 4.69) is 28.7 Å². The number of carbonyl (C=O) groups is 1. The van der Waals surface area contributed by atoms with Gasteiger partial charge in [-0.2, -0.15) is 0 Å². The zero-order valence-electron chi connectivity index (χ0n) is 23.0. The first-order valence-corrected chi connectivity index (χ1v) is 14.8. The van der Waals surface area contributed by atoms with E-state index in [4.69, 9.17) is 10.5 Å². The molecule has 1 saturated heterocycles. The van der Waals surface area contributed by atoms with Crippen LogP contribution in [0, 0.1) is 35.0 Å². The van der Waals surface area contributed by atoms with Gasteiger partial charge in [-0.3, -0.25) is 4.79 Å². The molecule has 0 unspecified atom stereocenters. The van der Waals surface area contributed by atoms with E-state index in [1.807, 2.05) is 6.20 Å². The van der Waals surface area contributed by atoms with Gasteiger partial charge >= 0.3 is 0 Å². The normalized spacial score (nSPS) is 39.0. The summed E-state index contributed by atoms with van der Waals surface area (Å²) in [5.74, 6) is 8.76. The fourth-order valence-corrected chi connectivity index (χ4v) is 8.92. The lowest BCUT2D eigenvalue weighted by molar-refractivity contribution is -0.119. The number of hydrogen-bond acceptors (Lipinski definition) is 8. The number of aliphatic hydroxyl groups excluding tert-OH is 2. The SMILES string of the molecule is C[C@]12CC[C@@H]3C4=C(CC[C@H]3[C@@H]1CC[C@@]2(O)C#Cc1cn([C@H]2C[C@H](O)[C@@H](CO)O2)c2ncnc(N)c12)CC(=O)CC4. The molecule has 7 rings (SSSR count). The standard InChI is InChI=1S/C31H38N4O5/c1-30-9-7-21-20-5-3-19(37)12-17(20)2-4-22(21)23(30)8-11-31(30,39)10-6-18-14-35(26-13-24(38)25(15-36)40-26)29-27(18)28(32)33-16-34-29/h14,16,21-26,36,38-39H,2-5,7-9,11-13,15H2,1H3,(H2,32,33,34)/t21-,22-,23+,24+,25-,26-,30+,31+/m1/s1. The van der Waals surface area contributed by atoms with Gasteiger partial charge in [-0.05, 0) is 62.7 Å². The van der Waals surface area contributed by atoms with Crippen LogP contribution in [0.4, 0.5) is 5.82 Å². The van der Waals surface area contributed by atoms with Gasteiger partial charge < -0.3 is 30.4 Å². The Labute approximate surface area is 233 Å². The van der Waals surface area contributed by atoms with Crippen molar-refractivity contribution in [2.45, 2.75) is 95.2 Å². The fourth-order valence-electron chi connectivity index (χ4n) is 8.92. The molecule has 4 aliphatic carbocycles. The summed E-state index contributed by atoms with van der Waals surface area (Å²) in [6, 6.07) is 0. The van der Waals surface area contributed by atoms with Crippen molar-refractivity contribution in [2.75, 3.05) is 12.3 Å². The lowest BCUT2D eigenvalue weighted by atomic mass is 9.52. The molecule has 2 saturated carbocycles. The second kappa shape index (κ2) is 9.38. The summed E-state index contributed by atoms with van der Waals surface area (Å²) >= 11 is 0. The van der Waals surface area contributed by atoms with Crippen molar-refractivity contribution < 1.29 is 24.9 Å². The summed E-state index contributed by atoms with van der Waals surface area (Å²) in [6.45, 7) is 1.96. The molecule has 1 aliphatic heterocycles. The minimum Gasteiger partial charge on any atom is -0.394 e. The average Bonchev–Trinajstić information content (AvgIpc) is 3.59. The Balaban J connectivity index is 1.21. The maximum atomic E-state index is 12.1. The Morgan fingerprint density at radius 1 is 1.20 bits per heavy atom. The highest BCUT2D eigenvalue weighted by molar-refractivity contribution is 5.92. The highest BCUT2D eigenvalue weighted by atomic mass is 16.5. The van der Waals surface area contributed by atoms with Crippen LogP contribution < -0.4 is 5.73 Å². The molecular weight excluding hydrogens is 508 g/mol. The maximum absolute atomic E-state index is 12.1. The number of Topliss-reactive ketones (excluding diaryl/α,β-unsaturated/α-hetero) is 1. The Kier molecular flexibility index (Phi) is 6.13. The summed E-state index contributed by atoms with van der Waals surface area (Å²) in [5.41, 5.74) is 8.99. The van der Waals surface area contributed by atoms with Crippen molar-refractivity contribution in [3.63, 3.8) is 0 Å². The van der Waals surface area contributed by atoms with Gasteiger partial charge in [0.2, 0.25) is 0 Å². The number of allylic oxidation sites excluding steroid dienone is 2. The van der Waals surface area contributed by atoms with Crippen molar-refractivity contribution in [3.05, 3.63) is 29.2 Å². The smallest absolute Gasteiger partial charge is 0.148 e. The van der Waals surface area contributed by atoms with Gasteiger partial charge in [-0.25, -0.2) is 9.97 Å². The van der Waals surface area contributed by atoms with Crippen molar-refractivity contribution in [3.8, 4) is 11.8 Å². The van der Waals surface area contributed by atoms with Gasteiger partial charge in [0.15, 0.2) is 0 Å². The molecule has 5 N–H and O–H groups in total. The third kappa shape index (κ3) is 3.80. The van der Waals surface area contributed by atoms with E-state index in [1.165, 1.54) is 11.9 Å². The number of hydrogen-bond donors (Lipinski definition) is 4. The van der Waals surface area contributed by atoms with E-state index in [0.29, 0.717) is 71.6 Å². The number of carbonyl (C=O) groups excluding carboxylic acids is 1. The molecular formula is C31H38N4O5. The van der Waals surface area contributed by atoms with Gasteiger partial charge in [-0.15, -0.1) is 0 Å². The summed E-state index contributed by atoms with van der Waals surface area (Å²) in [6.07, 6.45) is 9.48. The van der Waals surface area contributed by atoms with E-state index < -0.39 is 24.0 Å². The van der Waals surface area contributed by atoms with Crippen LogP contribution in [0.15, 0.2) is 23.7 Å². The predicted molar refractivity (Wildman–Crippen MR) is 148 cm³/mol. The van der Waals surface area contributed by atoms with E-state index in [-0.39, 0.29) is 12.0 Å². The molecule has 3 fully saturated rings. The number of nitrogens with zero attached hydrogens (tertiary/aromatic N) is 3. The number of ether oxygens (including phenoxy) is 1. The maximum Gasteiger partial charge on any atom is 0.148 e. The van der Waals surface area contributed by atoms with Crippen molar-refractivity contribution in [1.82, 2.24) is 14.5 Å². The second-order valence-corrected chi connectivity index (χ2v) is 12.9. The van der Waals surface area contributed by atoms with Gasteiger partial charge in [0.25, 0.3) is 0 Å². The van der Waals surface area contributed by atoms with Crippen LogP contribution in [-0.2, 0) is 9.53 Å². The van der Waals surface area contributed by atoms with E-state index in [0.717, 1.165) is 38.5 Å². The Hall–Kier alpha value is -2.77. The lowest BCUT2D eigenvalue weighted by Gasteiger charge is -2.53. The fraction of sp³-hybridized carbons (Fsp3) is 0.645. The number of aliphatic hydroxyl groups is 3. The minimum absolute atomic E-state index is 0.272. The monoisotopic (exact) mass is 546 g/mol. The molecule has 2 aromatic heterocycles. The molecule has 9 nitrogen and oxygen atoms in total. The zero-order chi connectivity index (χ0) is 27.8. The van der Waals surface area contributed by atoms with Crippen molar-refractivity contribution in [1.29, 1.82) is 0 Å². The predicted octanol–water partition coefficient (Wildman–Crippen LogP) is 3.02. The van der Waals surface area contributed by atoms with E-state index >= 15 is 0 Å². The highest BCUT2D eigenvalue weighted by Gasteiger charge is 2.61. The van der Waals surface area contributed by atoms with E-state index in [9.17, 15) is 20.1 Å². The number of aromatic nitrogens is 3. The summed E-state index contributed by atoms with van der Waals surface area (Å²) < 4.78 is 7.69. The molecule has 0 aromatic carbocycles. The summed E-state index contributed by atoms with van der Waals surface area (Å²) in [4.78, 5) is 20.7. The second-order valence-electron chi connectivity index (χ2n) is 12.9. The largest absolute Gasteiger partial charge is 0.394 e. The number of ketones is 1. The summed E-state index contributed by atoms with van der Waals surface area (Å²) in [5, 5.41) is 32.6. The topological polar surface area (TPSA) is 144 Å². The van der Waals surface area contributed by atoms with Crippen molar-refractivity contribution in [2.24, 2.45) is 23.2 Å². The first-order chi connectivity index (χ1) is 19.2. The van der Waals surface area contributed by atoms with Crippen LogP contribution in [0.5, 0.6) is 0 Å². The molecule has 0 amide bonds. The lowest BCUT2D eigenvalue weighted by Crippen LogP contribution is -2.51. The average molecular weight is 547 g/mol. The number of rotatable bonds is 2. The first-order valence-electron chi connectivity index (χ1n) is 14.8. The minimum atomic E-state index is -1.12. The quantitative estimate of drug-likeness (QED) is 0.332. The van der Waals surface area contributed by atoms with Crippen LogP contribution in [0.3, 0.4) is 0 Å². The molecule has 5 aliphatic rings. The first kappa shape index (κ1) is 26.1. The number of nitrogen functional groups attached to an aromatic ring is 1. The third-order valence-electron chi connectivity index (χ3n) is 11.1. The van der Waals surface area contributed by atoms with Crippen LogP contribution in [0.1, 0.15) is 82.9 Å². The summed E-state index contributed by atoms with van der Waals surface area (Å²) in [7, 11) is 0. The Morgan fingerprint density at radius 3 is 2.85 bits per heavy atom. The molecule has 9 heteroatoms. The zero-order valence-corrected chi connectivity index (χ0v) is 23.0. The van der Waals surface area contributed by atoms with Crippen LogP contribution in [-0.4, -0.2) is 60.1 Å². The van der Waals surface area contributed by atoms with Crippen molar-refractivity contribution >= 4 is 22.6 Å². The molecule has 0 radical (unpaired) electrons. The van der Waals surface area contributed by atoms with Crippen LogP contribution in [0.2, 0.25) is 0 Å². The van der Waals surface area contributed by atoms with E-state index in [1.54, 1.807) is 10.1 Å². The molecule has 2 aromatic rings. The van der Waals surface area contributed by atoms with Crippen LogP contribution >= 0.6 is 0 Å². The number of anilines is 1. The molecule has 0 spiro atoms. The van der Waals surface area contributed by atoms with Crippen LogP contribution in [0.25, 0.3) is 11.0 Å². The number of fused-ring (bicyclic) bond motifs is 5. The molecule has 8 atom stereocenters. The molecule has 0 bridgehead atoms. The Morgan fingerprint density at radius 2 is 2.05 bits per heavy atom. The van der Waals surface area contributed by atoms with Gasteiger partial charge in [-0.1, -0.05) is 29.9 Å². The molecule has 40 heavy (non-hydrogen) atoms. The van der Waals surface area contributed by atoms with Gasteiger partial charge in [0, 0.05) is 30.9 Å².